The Bertz CT molecular complexity index is 1020. The predicted molar refractivity (Wildman–Crippen MR) is 134 cm³/mol. The summed E-state index contributed by atoms with van der Waals surface area (Å²) >= 11 is 0. The SMILES string of the molecule is CC(=O)OCC1Cc2ccc(Oc3ccc(/C(=C/C=N)NCOCC[Si](C)(C)C)cn3)cc2O1. The van der Waals surface area contributed by atoms with Crippen LogP contribution in [-0.4, -0.2) is 51.3 Å². The number of carbonyl (C=O) groups is 1. The number of esters is 1. The number of ether oxygens (including phenoxy) is 4. The average Bonchev–Trinajstić information content (AvgIpc) is 3.19. The van der Waals surface area contributed by atoms with Crippen LogP contribution in [0.1, 0.15) is 18.1 Å². The summed E-state index contributed by atoms with van der Waals surface area (Å²) in [6.07, 6.45) is 5.10. The average molecular weight is 484 g/mol. The third kappa shape index (κ3) is 8.00. The van der Waals surface area contributed by atoms with Gasteiger partial charge in [0.1, 0.15) is 30.9 Å². The van der Waals surface area contributed by atoms with Crippen molar-refractivity contribution < 1.29 is 23.7 Å². The lowest BCUT2D eigenvalue weighted by molar-refractivity contribution is -0.143. The minimum Gasteiger partial charge on any atom is -0.486 e. The minimum absolute atomic E-state index is 0.183. The number of fused-ring (bicyclic) bond motifs is 1. The fraction of sp³-hybridized carbons (Fsp3) is 0.400. The van der Waals surface area contributed by atoms with Gasteiger partial charge in [-0.3, -0.25) is 4.79 Å². The van der Waals surface area contributed by atoms with Crippen molar-refractivity contribution >= 4 is 26.0 Å². The smallest absolute Gasteiger partial charge is 0.302 e. The van der Waals surface area contributed by atoms with Crippen molar-refractivity contribution in [3.05, 3.63) is 53.7 Å². The Morgan fingerprint density at radius 1 is 1.29 bits per heavy atom. The largest absolute Gasteiger partial charge is 0.486 e. The van der Waals surface area contributed by atoms with E-state index in [1.54, 1.807) is 18.3 Å². The maximum absolute atomic E-state index is 11.0. The zero-order valence-electron chi connectivity index (χ0n) is 20.2. The molecule has 182 valence electrons. The van der Waals surface area contributed by atoms with Gasteiger partial charge in [-0.2, -0.15) is 0 Å². The van der Waals surface area contributed by atoms with Crippen LogP contribution in [0.25, 0.3) is 5.70 Å². The number of nitrogens with one attached hydrogen (secondary N) is 2. The second-order valence-electron chi connectivity index (χ2n) is 9.29. The van der Waals surface area contributed by atoms with Crippen molar-refractivity contribution in [2.45, 2.75) is 45.1 Å². The molecule has 2 heterocycles. The third-order valence-corrected chi connectivity index (χ3v) is 6.84. The van der Waals surface area contributed by atoms with Gasteiger partial charge in [-0.05, 0) is 29.8 Å². The molecule has 1 aromatic heterocycles. The molecular formula is C25H33N3O5Si. The van der Waals surface area contributed by atoms with Gasteiger partial charge in [0.2, 0.25) is 5.88 Å². The van der Waals surface area contributed by atoms with Gasteiger partial charge in [0.25, 0.3) is 0 Å². The monoisotopic (exact) mass is 483 g/mol. The highest BCUT2D eigenvalue weighted by Gasteiger charge is 2.24. The minimum atomic E-state index is -1.12. The van der Waals surface area contributed by atoms with Crippen LogP contribution in [0.3, 0.4) is 0 Å². The maximum Gasteiger partial charge on any atom is 0.302 e. The second kappa shape index (κ2) is 11.8. The number of carbonyl (C=O) groups excluding carboxylic acids is 1. The van der Waals surface area contributed by atoms with E-state index in [1.807, 2.05) is 24.3 Å². The quantitative estimate of drug-likeness (QED) is 0.149. The molecule has 0 bridgehead atoms. The van der Waals surface area contributed by atoms with Crippen molar-refractivity contribution in [2.24, 2.45) is 0 Å². The number of benzene rings is 1. The molecule has 1 aliphatic rings. The van der Waals surface area contributed by atoms with Crippen molar-refractivity contribution in [1.29, 1.82) is 5.41 Å². The van der Waals surface area contributed by atoms with E-state index in [-0.39, 0.29) is 18.7 Å². The number of pyridine rings is 1. The highest BCUT2D eigenvalue weighted by molar-refractivity contribution is 6.76. The van der Waals surface area contributed by atoms with Crippen LogP contribution >= 0.6 is 0 Å². The Balaban J connectivity index is 1.55. The zero-order valence-corrected chi connectivity index (χ0v) is 21.2. The van der Waals surface area contributed by atoms with Gasteiger partial charge in [-0.1, -0.05) is 25.7 Å². The fourth-order valence-corrected chi connectivity index (χ4v) is 4.04. The first kappa shape index (κ1) is 25.4. The first-order chi connectivity index (χ1) is 16.2. The molecule has 0 fully saturated rings. The van der Waals surface area contributed by atoms with E-state index in [4.69, 9.17) is 24.4 Å². The molecule has 8 nitrogen and oxygen atoms in total. The summed E-state index contributed by atoms with van der Waals surface area (Å²) in [6, 6.07) is 10.4. The van der Waals surface area contributed by atoms with Crippen molar-refractivity contribution in [3.8, 4) is 17.4 Å². The molecule has 34 heavy (non-hydrogen) atoms. The Labute approximate surface area is 201 Å². The van der Waals surface area contributed by atoms with Crippen LogP contribution in [0.15, 0.2) is 42.6 Å². The Morgan fingerprint density at radius 2 is 2.12 bits per heavy atom. The molecule has 2 N–H and O–H groups in total. The third-order valence-electron chi connectivity index (χ3n) is 5.13. The summed E-state index contributed by atoms with van der Waals surface area (Å²) in [4.78, 5) is 15.4. The molecule has 0 saturated carbocycles. The number of aromatic nitrogens is 1. The number of hydrogen-bond donors (Lipinski definition) is 2. The summed E-state index contributed by atoms with van der Waals surface area (Å²) in [5.74, 6) is 1.46. The van der Waals surface area contributed by atoms with Crippen molar-refractivity contribution in [2.75, 3.05) is 19.9 Å². The van der Waals surface area contributed by atoms with Crippen LogP contribution < -0.4 is 14.8 Å². The predicted octanol–water partition coefficient (Wildman–Crippen LogP) is 4.63. The number of rotatable bonds is 12. The van der Waals surface area contributed by atoms with Gasteiger partial charge in [0.05, 0.1) is 0 Å². The number of allylic oxidation sites excluding steroid dienone is 1. The van der Waals surface area contributed by atoms with E-state index in [2.05, 4.69) is 29.9 Å². The molecule has 0 radical (unpaired) electrons. The zero-order chi connectivity index (χ0) is 24.6. The molecule has 0 aliphatic carbocycles. The van der Waals surface area contributed by atoms with E-state index in [9.17, 15) is 4.79 Å². The number of hydrogen-bond acceptors (Lipinski definition) is 8. The van der Waals surface area contributed by atoms with E-state index in [1.165, 1.54) is 13.1 Å². The standard InChI is InChI=1S/C25H33N3O5Si/c1-18(29)31-16-22-13-19-5-7-21(14-24(19)32-22)33-25-8-6-20(15-27-25)23(9-10-26)28-17-30-11-12-34(2,3)4/h5-10,14-15,22,26,28H,11-13,16-17H2,1-4H3/b23-9-,26-10?. The maximum atomic E-state index is 11.0. The molecule has 1 unspecified atom stereocenters. The van der Waals surface area contributed by atoms with Crippen molar-refractivity contribution in [1.82, 2.24) is 10.3 Å². The van der Waals surface area contributed by atoms with Gasteiger partial charge in [0, 0.05) is 63.8 Å². The number of nitrogens with zero attached hydrogens (tertiary/aromatic N) is 1. The second-order valence-corrected chi connectivity index (χ2v) is 14.9. The lowest BCUT2D eigenvalue weighted by atomic mass is 10.1. The van der Waals surface area contributed by atoms with Crippen LogP contribution in [0, 0.1) is 5.41 Å². The Hall–Kier alpha value is -3.17. The van der Waals surface area contributed by atoms with Gasteiger partial charge < -0.3 is 29.7 Å². The molecule has 0 spiro atoms. The molecule has 0 amide bonds. The highest BCUT2D eigenvalue weighted by atomic mass is 28.3. The van der Waals surface area contributed by atoms with Crippen LogP contribution in [-0.2, 0) is 20.7 Å². The Kier molecular flexibility index (Phi) is 8.83. The van der Waals surface area contributed by atoms with Gasteiger partial charge in [-0.15, -0.1) is 0 Å². The van der Waals surface area contributed by atoms with E-state index in [0.29, 0.717) is 24.8 Å². The van der Waals surface area contributed by atoms with E-state index >= 15 is 0 Å². The van der Waals surface area contributed by atoms with E-state index < -0.39 is 8.07 Å². The molecule has 1 aromatic carbocycles. The molecule has 1 atom stereocenters. The van der Waals surface area contributed by atoms with Crippen LogP contribution in [0.4, 0.5) is 0 Å². The van der Waals surface area contributed by atoms with Crippen molar-refractivity contribution in [3.63, 3.8) is 0 Å². The van der Waals surface area contributed by atoms with E-state index in [0.717, 1.165) is 35.2 Å². The van der Waals surface area contributed by atoms with Gasteiger partial charge in [0.15, 0.2) is 0 Å². The first-order valence-corrected chi connectivity index (χ1v) is 15.0. The summed E-state index contributed by atoms with van der Waals surface area (Å²) in [6.45, 7) is 9.66. The lowest BCUT2D eigenvalue weighted by Gasteiger charge is -2.16. The van der Waals surface area contributed by atoms with Crippen LogP contribution in [0.2, 0.25) is 25.7 Å². The highest BCUT2D eigenvalue weighted by Crippen LogP contribution is 2.34. The summed E-state index contributed by atoms with van der Waals surface area (Å²) in [7, 11) is -1.12. The fourth-order valence-electron chi connectivity index (χ4n) is 3.29. The molecule has 3 rings (SSSR count). The van der Waals surface area contributed by atoms with Crippen LogP contribution in [0.5, 0.6) is 17.4 Å². The summed E-state index contributed by atoms with van der Waals surface area (Å²) in [5, 5.41) is 10.7. The van der Waals surface area contributed by atoms with Gasteiger partial charge >= 0.3 is 5.97 Å². The molecule has 9 heteroatoms. The first-order valence-electron chi connectivity index (χ1n) is 11.3. The molecule has 1 aliphatic heterocycles. The summed E-state index contributed by atoms with van der Waals surface area (Å²) < 4.78 is 22.5. The van der Waals surface area contributed by atoms with Gasteiger partial charge in [-0.25, -0.2) is 4.98 Å². The topological polar surface area (TPSA) is 103 Å². The Morgan fingerprint density at radius 3 is 2.79 bits per heavy atom. The normalized spacial score (nSPS) is 15.3. The summed E-state index contributed by atoms with van der Waals surface area (Å²) in [5.41, 5.74) is 2.63. The molecule has 2 aromatic rings. The molecular weight excluding hydrogens is 450 g/mol. The molecule has 0 saturated heterocycles. The lowest BCUT2D eigenvalue weighted by Crippen LogP contribution is -2.24.